The summed E-state index contributed by atoms with van der Waals surface area (Å²) in [7, 11) is 0. The number of nitrogens with two attached hydrogens (primary N) is 1. The van der Waals surface area contributed by atoms with E-state index >= 15 is 0 Å². The summed E-state index contributed by atoms with van der Waals surface area (Å²) in [6.07, 6.45) is 0. The molecule has 0 amide bonds. The SMILES string of the molecule is Cc1nc2cc(F)ccc2n1N. The van der Waals surface area contributed by atoms with Crippen LogP contribution < -0.4 is 5.84 Å². The third kappa shape index (κ3) is 0.845. The van der Waals surface area contributed by atoms with Gasteiger partial charge < -0.3 is 5.84 Å². The van der Waals surface area contributed by atoms with Gasteiger partial charge in [-0.05, 0) is 19.1 Å². The fraction of sp³-hybridized carbons (Fsp3) is 0.125. The minimum Gasteiger partial charge on any atom is -0.337 e. The number of imidazole rings is 1. The van der Waals surface area contributed by atoms with Gasteiger partial charge in [0, 0.05) is 6.07 Å². The molecule has 0 fully saturated rings. The maximum atomic E-state index is 12.7. The van der Waals surface area contributed by atoms with Gasteiger partial charge in [-0.25, -0.2) is 14.1 Å². The first-order valence-corrected chi connectivity index (χ1v) is 3.58. The van der Waals surface area contributed by atoms with Crippen molar-refractivity contribution >= 4 is 11.0 Å². The van der Waals surface area contributed by atoms with E-state index in [4.69, 9.17) is 5.84 Å². The van der Waals surface area contributed by atoms with Gasteiger partial charge in [0.1, 0.15) is 11.6 Å². The molecule has 0 aliphatic heterocycles. The summed E-state index contributed by atoms with van der Waals surface area (Å²) in [6.45, 7) is 1.78. The number of rotatable bonds is 0. The van der Waals surface area contributed by atoms with Crippen molar-refractivity contribution in [1.29, 1.82) is 0 Å². The van der Waals surface area contributed by atoms with Crippen LogP contribution in [0.2, 0.25) is 0 Å². The van der Waals surface area contributed by atoms with E-state index in [1.54, 1.807) is 13.0 Å². The van der Waals surface area contributed by atoms with Crippen molar-refractivity contribution in [1.82, 2.24) is 9.66 Å². The van der Waals surface area contributed by atoms with Gasteiger partial charge >= 0.3 is 0 Å². The lowest BCUT2D eigenvalue weighted by molar-refractivity contribution is 0.629. The minimum atomic E-state index is -0.291. The van der Waals surface area contributed by atoms with Gasteiger partial charge in [-0.3, -0.25) is 0 Å². The molecular weight excluding hydrogens is 157 g/mol. The second-order valence-electron chi connectivity index (χ2n) is 2.66. The number of hydrogen-bond acceptors (Lipinski definition) is 2. The Bertz CT molecular complexity index is 433. The average molecular weight is 165 g/mol. The first-order valence-electron chi connectivity index (χ1n) is 3.58. The Morgan fingerprint density at radius 2 is 2.25 bits per heavy atom. The summed E-state index contributed by atoms with van der Waals surface area (Å²) in [5.41, 5.74) is 1.34. The molecule has 2 rings (SSSR count). The highest BCUT2D eigenvalue weighted by atomic mass is 19.1. The second-order valence-corrected chi connectivity index (χ2v) is 2.66. The lowest BCUT2D eigenvalue weighted by Gasteiger charge is -1.94. The molecule has 62 valence electrons. The van der Waals surface area contributed by atoms with E-state index in [1.165, 1.54) is 16.8 Å². The van der Waals surface area contributed by atoms with Crippen molar-refractivity contribution in [2.75, 3.05) is 5.84 Å². The lowest BCUT2D eigenvalue weighted by Crippen LogP contribution is -2.09. The van der Waals surface area contributed by atoms with Gasteiger partial charge in [0.25, 0.3) is 0 Å². The molecule has 0 unspecified atom stereocenters. The molecule has 1 heterocycles. The number of aryl methyl sites for hydroxylation is 1. The molecule has 2 N–H and O–H groups in total. The fourth-order valence-corrected chi connectivity index (χ4v) is 1.19. The summed E-state index contributed by atoms with van der Waals surface area (Å²) in [6, 6.07) is 4.35. The molecule has 0 saturated carbocycles. The Labute approximate surface area is 68.6 Å². The molecule has 0 atom stereocenters. The van der Waals surface area contributed by atoms with Gasteiger partial charge in [0.05, 0.1) is 11.0 Å². The Morgan fingerprint density at radius 1 is 1.50 bits per heavy atom. The van der Waals surface area contributed by atoms with E-state index in [9.17, 15) is 4.39 Å². The maximum absolute atomic E-state index is 12.7. The van der Waals surface area contributed by atoms with Crippen molar-refractivity contribution < 1.29 is 4.39 Å². The van der Waals surface area contributed by atoms with Crippen molar-refractivity contribution in [2.45, 2.75) is 6.92 Å². The molecule has 2 aromatic rings. The molecule has 12 heavy (non-hydrogen) atoms. The van der Waals surface area contributed by atoms with Crippen LogP contribution in [0.1, 0.15) is 5.82 Å². The predicted octanol–water partition coefficient (Wildman–Crippen LogP) is 1.20. The number of benzene rings is 1. The molecule has 0 spiro atoms. The van der Waals surface area contributed by atoms with Crippen LogP contribution in [0.3, 0.4) is 0 Å². The Hall–Kier alpha value is -1.58. The van der Waals surface area contributed by atoms with Gasteiger partial charge in [-0.1, -0.05) is 0 Å². The highest BCUT2D eigenvalue weighted by Gasteiger charge is 2.04. The Kier molecular flexibility index (Phi) is 1.30. The summed E-state index contributed by atoms with van der Waals surface area (Å²) in [4.78, 5) is 4.07. The van der Waals surface area contributed by atoms with Gasteiger partial charge in [-0.15, -0.1) is 0 Å². The summed E-state index contributed by atoms with van der Waals surface area (Å²) in [5, 5.41) is 0. The zero-order valence-corrected chi connectivity index (χ0v) is 6.58. The molecule has 1 aromatic heterocycles. The van der Waals surface area contributed by atoms with Crippen molar-refractivity contribution in [2.24, 2.45) is 0 Å². The fourth-order valence-electron chi connectivity index (χ4n) is 1.19. The maximum Gasteiger partial charge on any atom is 0.125 e. The molecule has 0 bridgehead atoms. The number of fused-ring (bicyclic) bond motifs is 1. The molecule has 0 radical (unpaired) electrons. The van der Waals surface area contributed by atoms with Crippen LogP contribution in [0.5, 0.6) is 0 Å². The van der Waals surface area contributed by atoms with E-state index in [0.29, 0.717) is 11.3 Å². The standard InChI is InChI=1S/C8H8FN3/c1-5-11-7-4-6(9)2-3-8(7)12(5)10/h2-4H,10H2,1H3. The van der Waals surface area contributed by atoms with E-state index in [2.05, 4.69) is 4.98 Å². The first-order chi connectivity index (χ1) is 5.68. The van der Waals surface area contributed by atoms with Gasteiger partial charge in [0.15, 0.2) is 0 Å². The summed E-state index contributed by atoms with van der Waals surface area (Å²) in [5.74, 6) is 6.01. The van der Waals surface area contributed by atoms with Crippen LogP contribution in [0.15, 0.2) is 18.2 Å². The van der Waals surface area contributed by atoms with Gasteiger partial charge in [-0.2, -0.15) is 0 Å². The number of aromatic nitrogens is 2. The third-order valence-electron chi connectivity index (χ3n) is 1.83. The van der Waals surface area contributed by atoms with Crippen molar-refractivity contribution in [3.05, 3.63) is 29.8 Å². The van der Waals surface area contributed by atoms with E-state index < -0.39 is 0 Å². The summed E-state index contributed by atoms with van der Waals surface area (Å²) >= 11 is 0. The van der Waals surface area contributed by atoms with Crippen LogP contribution in [0.4, 0.5) is 4.39 Å². The summed E-state index contributed by atoms with van der Waals surface area (Å²) < 4.78 is 14.1. The van der Waals surface area contributed by atoms with Crippen LogP contribution in [0.25, 0.3) is 11.0 Å². The highest BCUT2D eigenvalue weighted by molar-refractivity contribution is 5.75. The molecule has 4 heteroatoms. The number of nitrogens with zero attached hydrogens (tertiary/aromatic N) is 2. The van der Waals surface area contributed by atoms with E-state index in [-0.39, 0.29) is 5.82 Å². The quantitative estimate of drug-likeness (QED) is 0.596. The van der Waals surface area contributed by atoms with Crippen LogP contribution >= 0.6 is 0 Å². The van der Waals surface area contributed by atoms with Crippen molar-refractivity contribution in [3.63, 3.8) is 0 Å². The zero-order chi connectivity index (χ0) is 8.72. The molecule has 3 nitrogen and oxygen atoms in total. The number of hydrogen-bond donors (Lipinski definition) is 1. The Balaban J connectivity index is 2.87. The second kappa shape index (κ2) is 2.20. The zero-order valence-electron chi connectivity index (χ0n) is 6.58. The first kappa shape index (κ1) is 7.09. The molecular formula is C8H8FN3. The van der Waals surface area contributed by atoms with Crippen LogP contribution in [-0.4, -0.2) is 9.66 Å². The number of halogens is 1. The minimum absolute atomic E-state index is 0.291. The smallest absolute Gasteiger partial charge is 0.125 e. The average Bonchev–Trinajstić information content (AvgIpc) is 2.28. The predicted molar refractivity (Wildman–Crippen MR) is 44.6 cm³/mol. The van der Waals surface area contributed by atoms with Crippen LogP contribution in [-0.2, 0) is 0 Å². The number of nitrogen functional groups attached to an aromatic ring is 1. The monoisotopic (exact) mass is 165 g/mol. The Morgan fingerprint density at radius 3 is 3.00 bits per heavy atom. The van der Waals surface area contributed by atoms with E-state index in [1.807, 2.05) is 0 Å². The third-order valence-corrected chi connectivity index (χ3v) is 1.83. The lowest BCUT2D eigenvalue weighted by atomic mass is 10.3. The topological polar surface area (TPSA) is 43.8 Å². The van der Waals surface area contributed by atoms with E-state index in [0.717, 1.165) is 5.52 Å². The molecule has 1 aromatic carbocycles. The van der Waals surface area contributed by atoms with Crippen LogP contribution in [0, 0.1) is 12.7 Å². The largest absolute Gasteiger partial charge is 0.337 e. The molecule has 0 saturated heterocycles. The van der Waals surface area contributed by atoms with Gasteiger partial charge in [0.2, 0.25) is 0 Å². The van der Waals surface area contributed by atoms with Crippen molar-refractivity contribution in [3.8, 4) is 0 Å². The molecule has 0 aliphatic carbocycles. The normalized spacial score (nSPS) is 10.8. The molecule has 0 aliphatic rings. The highest BCUT2D eigenvalue weighted by Crippen LogP contribution is 2.13.